The maximum Gasteiger partial charge on any atom is 0.264 e. The Morgan fingerprint density at radius 2 is 1.52 bits per heavy atom. The maximum absolute atomic E-state index is 14.1. The average molecular weight is 584 g/mol. The van der Waals surface area contributed by atoms with Crippen molar-refractivity contribution in [3.8, 4) is 0 Å². The fourth-order valence-corrected chi connectivity index (χ4v) is 5.95. The molecule has 2 amide bonds. The van der Waals surface area contributed by atoms with Crippen molar-refractivity contribution < 1.29 is 18.0 Å². The molecule has 3 aromatic carbocycles. The van der Waals surface area contributed by atoms with Crippen molar-refractivity contribution >= 4 is 39.1 Å². The van der Waals surface area contributed by atoms with E-state index >= 15 is 0 Å². The number of halogens is 1. The second-order valence-electron chi connectivity index (χ2n) is 10.0. The van der Waals surface area contributed by atoms with Crippen LogP contribution in [0.5, 0.6) is 0 Å². The number of amides is 2. The molecule has 1 N–H and O–H groups in total. The molecule has 214 valence electrons. The summed E-state index contributed by atoms with van der Waals surface area (Å²) in [6.45, 7) is 9.05. The minimum Gasteiger partial charge on any atom is -0.352 e. The Kier molecular flexibility index (Phi) is 10.8. The first-order chi connectivity index (χ1) is 19.0. The first kappa shape index (κ1) is 31.2. The van der Waals surface area contributed by atoms with Crippen LogP contribution < -0.4 is 9.62 Å². The van der Waals surface area contributed by atoms with E-state index in [9.17, 15) is 18.0 Å². The molecule has 0 aliphatic heterocycles. The summed E-state index contributed by atoms with van der Waals surface area (Å²) in [6.07, 6.45) is 1.10. The Labute approximate surface area is 243 Å². The molecule has 3 aromatic rings. The lowest BCUT2D eigenvalue weighted by Crippen LogP contribution is -2.53. The van der Waals surface area contributed by atoms with E-state index in [1.54, 1.807) is 73.7 Å². The summed E-state index contributed by atoms with van der Waals surface area (Å²) in [4.78, 5) is 29.0. The van der Waals surface area contributed by atoms with E-state index in [1.807, 2.05) is 33.8 Å². The van der Waals surface area contributed by atoms with Gasteiger partial charge >= 0.3 is 0 Å². The predicted molar refractivity (Wildman–Crippen MR) is 161 cm³/mol. The SMILES string of the molecule is CC[C@H](C)NC(=O)[C@H](CC)N(Cc1ccc(Cl)cc1)C(=O)CN(c1ccccc1C)S(=O)(=O)c1ccc(C)cc1. The number of benzene rings is 3. The van der Waals surface area contributed by atoms with Gasteiger partial charge in [-0.15, -0.1) is 0 Å². The molecule has 3 rings (SSSR count). The number of rotatable bonds is 12. The highest BCUT2D eigenvalue weighted by atomic mass is 35.5. The zero-order valence-corrected chi connectivity index (χ0v) is 25.3. The van der Waals surface area contributed by atoms with Gasteiger partial charge in [0.05, 0.1) is 10.6 Å². The lowest BCUT2D eigenvalue weighted by molar-refractivity contribution is -0.140. The number of hydrogen-bond donors (Lipinski definition) is 1. The van der Waals surface area contributed by atoms with Crippen molar-refractivity contribution in [2.24, 2.45) is 0 Å². The molecule has 9 heteroatoms. The smallest absolute Gasteiger partial charge is 0.264 e. The van der Waals surface area contributed by atoms with E-state index in [0.717, 1.165) is 21.9 Å². The molecular weight excluding hydrogens is 546 g/mol. The first-order valence-electron chi connectivity index (χ1n) is 13.5. The molecule has 0 saturated heterocycles. The predicted octanol–water partition coefficient (Wildman–Crippen LogP) is 5.87. The lowest BCUT2D eigenvalue weighted by atomic mass is 10.1. The number of carbonyl (C=O) groups is 2. The summed E-state index contributed by atoms with van der Waals surface area (Å²) in [6, 6.07) is 19.8. The number of carbonyl (C=O) groups excluding carboxylic acids is 2. The van der Waals surface area contributed by atoms with Crippen LogP contribution in [-0.4, -0.2) is 43.8 Å². The summed E-state index contributed by atoms with van der Waals surface area (Å²) in [5.41, 5.74) is 2.80. The van der Waals surface area contributed by atoms with E-state index in [-0.39, 0.29) is 23.4 Å². The Morgan fingerprint density at radius 1 is 0.900 bits per heavy atom. The summed E-state index contributed by atoms with van der Waals surface area (Å²) in [5, 5.41) is 3.53. The van der Waals surface area contributed by atoms with Crippen LogP contribution in [0.1, 0.15) is 50.3 Å². The van der Waals surface area contributed by atoms with Gasteiger partial charge in [0, 0.05) is 17.6 Å². The van der Waals surface area contributed by atoms with Gasteiger partial charge in [-0.05, 0) is 75.1 Å². The highest BCUT2D eigenvalue weighted by molar-refractivity contribution is 7.92. The molecule has 0 heterocycles. The fourth-order valence-electron chi connectivity index (χ4n) is 4.34. The van der Waals surface area contributed by atoms with E-state index < -0.39 is 28.5 Å². The van der Waals surface area contributed by atoms with Gasteiger partial charge in [0.15, 0.2) is 0 Å². The molecule has 0 aliphatic rings. The number of sulfonamides is 1. The molecule has 40 heavy (non-hydrogen) atoms. The molecule has 0 aliphatic carbocycles. The number of anilines is 1. The van der Waals surface area contributed by atoms with E-state index in [2.05, 4.69) is 5.32 Å². The Balaban J connectivity index is 2.06. The highest BCUT2D eigenvalue weighted by Crippen LogP contribution is 2.28. The third-order valence-electron chi connectivity index (χ3n) is 6.93. The zero-order valence-electron chi connectivity index (χ0n) is 23.7. The van der Waals surface area contributed by atoms with E-state index in [1.165, 1.54) is 4.90 Å². The molecule has 0 spiro atoms. The molecular formula is C31H38ClN3O4S. The lowest BCUT2D eigenvalue weighted by Gasteiger charge is -2.34. The van der Waals surface area contributed by atoms with Crippen LogP contribution in [-0.2, 0) is 26.2 Å². The normalized spacial score (nSPS) is 12.8. The second kappa shape index (κ2) is 13.8. The van der Waals surface area contributed by atoms with Gasteiger partial charge in [0.25, 0.3) is 10.0 Å². The largest absolute Gasteiger partial charge is 0.352 e. The molecule has 0 saturated carbocycles. The highest BCUT2D eigenvalue weighted by Gasteiger charge is 2.34. The van der Waals surface area contributed by atoms with Crippen LogP contribution in [0.2, 0.25) is 5.02 Å². The number of aryl methyl sites for hydroxylation is 2. The molecule has 0 unspecified atom stereocenters. The Bertz CT molecular complexity index is 1410. The third kappa shape index (κ3) is 7.64. The van der Waals surface area contributed by atoms with E-state index in [0.29, 0.717) is 22.7 Å². The van der Waals surface area contributed by atoms with Crippen LogP contribution in [0.3, 0.4) is 0 Å². The van der Waals surface area contributed by atoms with E-state index in [4.69, 9.17) is 11.6 Å². The van der Waals surface area contributed by atoms with Gasteiger partial charge in [-0.1, -0.05) is 73.5 Å². The zero-order chi connectivity index (χ0) is 29.4. The van der Waals surface area contributed by atoms with Gasteiger partial charge < -0.3 is 10.2 Å². The van der Waals surface area contributed by atoms with Crippen LogP contribution in [0.4, 0.5) is 5.69 Å². The monoisotopic (exact) mass is 583 g/mol. The van der Waals surface area contributed by atoms with Crippen molar-refractivity contribution in [2.45, 2.75) is 71.0 Å². The topological polar surface area (TPSA) is 86.8 Å². The summed E-state index contributed by atoms with van der Waals surface area (Å²) >= 11 is 6.08. The first-order valence-corrected chi connectivity index (χ1v) is 15.3. The van der Waals surface area contributed by atoms with Crippen LogP contribution in [0.25, 0.3) is 0 Å². The number of para-hydroxylation sites is 1. The van der Waals surface area contributed by atoms with Crippen molar-refractivity contribution in [2.75, 3.05) is 10.8 Å². The van der Waals surface area contributed by atoms with Gasteiger partial charge in [-0.25, -0.2) is 8.42 Å². The third-order valence-corrected chi connectivity index (χ3v) is 8.95. The second-order valence-corrected chi connectivity index (χ2v) is 12.3. The van der Waals surface area contributed by atoms with Gasteiger partial charge in [-0.2, -0.15) is 0 Å². The minimum absolute atomic E-state index is 0.0700. The van der Waals surface area contributed by atoms with Crippen molar-refractivity contribution in [1.29, 1.82) is 0 Å². The fraction of sp³-hybridized carbons (Fsp3) is 0.355. The maximum atomic E-state index is 14.1. The van der Waals surface area contributed by atoms with Gasteiger partial charge in [0.1, 0.15) is 12.6 Å². The quantitative estimate of drug-likeness (QED) is 0.289. The molecule has 0 aromatic heterocycles. The van der Waals surface area contributed by atoms with Crippen LogP contribution >= 0.6 is 11.6 Å². The minimum atomic E-state index is -4.11. The molecule has 0 bridgehead atoms. The molecule has 0 radical (unpaired) electrons. The number of nitrogens with one attached hydrogen (secondary N) is 1. The molecule has 2 atom stereocenters. The van der Waals surface area contributed by atoms with Crippen molar-refractivity contribution in [1.82, 2.24) is 10.2 Å². The Morgan fingerprint density at radius 3 is 2.10 bits per heavy atom. The average Bonchev–Trinajstić information content (AvgIpc) is 2.93. The molecule has 7 nitrogen and oxygen atoms in total. The van der Waals surface area contributed by atoms with Crippen molar-refractivity contribution in [3.05, 3.63) is 94.5 Å². The standard InChI is InChI=1S/C31H38ClN3O4S/c1-6-24(5)33-31(37)28(7-2)34(20-25-14-16-26(32)17-15-25)30(36)21-35(29-11-9-8-10-23(29)4)40(38,39)27-18-12-22(3)13-19-27/h8-19,24,28H,6-7,20-21H2,1-5H3,(H,33,37)/t24-,28-/m0/s1. The Hall–Kier alpha value is -3.36. The summed E-state index contributed by atoms with van der Waals surface area (Å²) in [7, 11) is -4.11. The van der Waals surface area contributed by atoms with Crippen LogP contribution in [0, 0.1) is 13.8 Å². The molecule has 0 fully saturated rings. The summed E-state index contributed by atoms with van der Waals surface area (Å²) < 4.78 is 29.1. The number of hydrogen-bond acceptors (Lipinski definition) is 4. The number of nitrogens with zero attached hydrogens (tertiary/aromatic N) is 2. The van der Waals surface area contributed by atoms with Crippen LogP contribution in [0.15, 0.2) is 77.7 Å². The van der Waals surface area contributed by atoms with Gasteiger partial charge in [0.2, 0.25) is 11.8 Å². The van der Waals surface area contributed by atoms with Crippen molar-refractivity contribution in [3.63, 3.8) is 0 Å². The van der Waals surface area contributed by atoms with Gasteiger partial charge in [-0.3, -0.25) is 13.9 Å². The summed E-state index contributed by atoms with van der Waals surface area (Å²) in [5.74, 6) is -0.761.